The largest absolute Gasteiger partial charge is 0.298 e. The number of nitrogens with zero attached hydrogens (tertiary/aromatic N) is 1. The average Bonchev–Trinajstić information content (AvgIpc) is 2.91. The molecule has 0 spiro atoms. The summed E-state index contributed by atoms with van der Waals surface area (Å²) in [5, 5.41) is 0. The Morgan fingerprint density at radius 3 is 2.65 bits per heavy atom. The van der Waals surface area contributed by atoms with Crippen molar-refractivity contribution < 1.29 is 12.6 Å². The van der Waals surface area contributed by atoms with Gasteiger partial charge in [0.25, 0.3) is 10.1 Å². The Bertz CT molecular complexity index is 558. The summed E-state index contributed by atoms with van der Waals surface area (Å²) in [7, 11) is -3.34. The monoisotopic (exact) mass is 295 g/mol. The van der Waals surface area contributed by atoms with E-state index in [0.717, 1.165) is 38.7 Å². The zero-order chi connectivity index (χ0) is 14.2. The van der Waals surface area contributed by atoms with E-state index in [9.17, 15) is 8.42 Å². The molecule has 3 unspecified atom stereocenters. The maximum absolute atomic E-state index is 11.3. The molecule has 2 aliphatic rings. The summed E-state index contributed by atoms with van der Waals surface area (Å²) in [6.45, 7) is 2.95. The molecule has 1 saturated carbocycles. The second-order valence-electron chi connectivity index (χ2n) is 6.02. The summed E-state index contributed by atoms with van der Waals surface area (Å²) in [5.74, 6) is 0.957. The quantitative estimate of drug-likeness (QED) is 0.796. The van der Waals surface area contributed by atoms with Crippen LogP contribution >= 0.6 is 0 Å². The predicted molar refractivity (Wildman–Crippen MR) is 77.6 cm³/mol. The van der Waals surface area contributed by atoms with Crippen LogP contribution in [0.25, 0.3) is 0 Å². The molecule has 20 heavy (non-hydrogen) atoms. The molecule has 1 saturated heterocycles. The molecule has 0 N–H and O–H groups in total. The van der Waals surface area contributed by atoms with E-state index in [-0.39, 0.29) is 6.10 Å². The Morgan fingerprint density at radius 2 is 1.95 bits per heavy atom. The fourth-order valence-corrected chi connectivity index (χ4v) is 4.31. The standard InChI is InChI=1S/C15H21NO3S/c1-20(17,18)19-15-8-7-13-10-16(11-14(13)15)9-12-5-3-2-4-6-12/h2-6,13-15H,7-11H2,1H3. The molecule has 1 aliphatic carbocycles. The molecule has 110 valence electrons. The van der Waals surface area contributed by atoms with Gasteiger partial charge >= 0.3 is 0 Å². The zero-order valence-electron chi connectivity index (χ0n) is 11.7. The predicted octanol–water partition coefficient (Wildman–Crippen LogP) is 1.87. The molecule has 1 aliphatic heterocycles. The van der Waals surface area contributed by atoms with Crippen LogP contribution in [0.15, 0.2) is 30.3 Å². The molecule has 4 nitrogen and oxygen atoms in total. The van der Waals surface area contributed by atoms with Crippen LogP contribution in [0.2, 0.25) is 0 Å². The Kier molecular flexibility index (Phi) is 3.84. The molecule has 5 heteroatoms. The van der Waals surface area contributed by atoms with E-state index in [2.05, 4.69) is 29.2 Å². The van der Waals surface area contributed by atoms with Crippen molar-refractivity contribution in [3.8, 4) is 0 Å². The highest BCUT2D eigenvalue weighted by atomic mass is 32.2. The SMILES string of the molecule is CS(=O)(=O)OC1CCC2CN(Cc3ccccc3)CC21. The molecule has 0 radical (unpaired) electrons. The molecular formula is C15H21NO3S. The van der Waals surface area contributed by atoms with Gasteiger partial charge in [-0.3, -0.25) is 9.08 Å². The third-order valence-electron chi connectivity index (χ3n) is 4.41. The van der Waals surface area contributed by atoms with Crippen LogP contribution < -0.4 is 0 Å². The summed E-state index contributed by atoms with van der Waals surface area (Å²) in [4.78, 5) is 2.42. The number of fused-ring (bicyclic) bond motifs is 1. The third-order valence-corrected chi connectivity index (χ3v) is 5.01. The third kappa shape index (κ3) is 3.22. The molecule has 3 atom stereocenters. The highest BCUT2D eigenvalue weighted by Gasteiger charge is 2.44. The van der Waals surface area contributed by atoms with Crippen molar-refractivity contribution in [2.45, 2.75) is 25.5 Å². The lowest BCUT2D eigenvalue weighted by atomic mass is 10.00. The van der Waals surface area contributed by atoms with Gasteiger partial charge in [-0.05, 0) is 24.3 Å². The number of rotatable bonds is 4. The zero-order valence-corrected chi connectivity index (χ0v) is 12.6. The number of hydrogen-bond acceptors (Lipinski definition) is 4. The first-order valence-electron chi connectivity index (χ1n) is 7.16. The Balaban J connectivity index is 1.62. The van der Waals surface area contributed by atoms with Gasteiger partial charge in [0.05, 0.1) is 12.4 Å². The van der Waals surface area contributed by atoms with E-state index in [4.69, 9.17) is 4.18 Å². The number of hydrogen-bond donors (Lipinski definition) is 0. The minimum Gasteiger partial charge on any atom is -0.298 e. The van der Waals surface area contributed by atoms with Crippen molar-refractivity contribution in [2.75, 3.05) is 19.3 Å². The summed E-state index contributed by atoms with van der Waals surface area (Å²) < 4.78 is 27.9. The van der Waals surface area contributed by atoms with E-state index >= 15 is 0 Å². The van der Waals surface area contributed by atoms with Gasteiger partial charge in [-0.2, -0.15) is 8.42 Å². The van der Waals surface area contributed by atoms with E-state index in [0.29, 0.717) is 11.8 Å². The molecule has 1 aromatic carbocycles. The van der Waals surface area contributed by atoms with Gasteiger partial charge in [-0.15, -0.1) is 0 Å². The first-order valence-corrected chi connectivity index (χ1v) is 8.97. The molecule has 1 aromatic rings. The normalized spacial score (nSPS) is 30.6. The lowest BCUT2D eigenvalue weighted by Crippen LogP contribution is -2.27. The van der Waals surface area contributed by atoms with Crippen molar-refractivity contribution in [3.05, 3.63) is 35.9 Å². The van der Waals surface area contributed by atoms with E-state index in [1.807, 2.05) is 6.07 Å². The molecule has 0 bridgehead atoms. The molecule has 2 fully saturated rings. The Morgan fingerprint density at radius 1 is 1.20 bits per heavy atom. The van der Waals surface area contributed by atoms with Crippen molar-refractivity contribution in [1.82, 2.24) is 4.90 Å². The molecule has 1 heterocycles. The summed E-state index contributed by atoms with van der Waals surface area (Å²) in [6, 6.07) is 10.4. The van der Waals surface area contributed by atoms with Gasteiger partial charge < -0.3 is 0 Å². The minimum atomic E-state index is -3.34. The van der Waals surface area contributed by atoms with Crippen LogP contribution in [0, 0.1) is 11.8 Å². The van der Waals surface area contributed by atoms with Gasteiger partial charge in [-0.25, -0.2) is 0 Å². The van der Waals surface area contributed by atoms with Gasteiger partial charge in [0, 0.05) is 25.6 Å². The highest BCUT2D eigenvalue weighted by Crippen LogP contribution is 2.40. The van der Waals surface area contributed by atoms with Crippen molar-refractivity contribution in [1.29, 1.82) is 0 Å². The maximum atomic E-state index is 11.3. The number of likely N-dealkylation sites (tertiary alicyclic amines) is 1. The molecule has 0 aromatic heterocycles. The van der Waals surface area contributed by atoms with Crippen LogP contribution in [-0.4, -0.2) is 38.8 Å². The fraction of sp³-hybridized carbons (Fsp3) is 0.600. The molecule has 3 rings (SSSR count). The second kappa shape index (κ2) is 5.47. The van der Waals surface area contributed by atoms with Crippen LogP contribution in [0.4, 0.5) is 0 Å². The summed E-state index contributed by atoms with van der Waals surface area (Å²) in [5.41, 5.74) is 1.31. The lowest BCUT2D eigenvalue weighted by Gasteiger charge is -2.20. The van der Waals surface area contributed by atoms with E-state index in [1.165, 1.54) is 5.56 Å². The van der Waals surface area contributed by atoms with Gasteiger partial charge in [-0.1, -0.05) is 30.3 Å². The van der Waals surface area contributed by atoms with Gasteiger partial charge in [0.1, 0.15) is 0 Å². The molecular weight excluding hydrogens is 274 g/mol. The van der Waals surface area contributed by atoms with Gasteiger partial charge in [0.2, 0.25) is 0 Å². The van der Waals surface area contributed by atoms with E-state index in [1.54, 1.807) is 0 Å². The lowest BCUT2D eigenvalue weighted by molar-refractivity contribution is 0.156. The Labute approximate surface area is 120 Å². The van der Waals surface area contributed by atoms with Crippen LogP contribution in [0.3, 0.4) is 0 Å². The smallest absolute Gasteiger partial charge is 0.264 e. The first kappa shape index (κ1) is 14.0. The van der Waals surface area contributed by atoms with Crippen LogP contribution in [0.1, 0.15) is 18.4 Å². The molecule has 0 amide bonds. The number of benzene rings is 1. The maximum Gasteiger partial charge on any atom is 0.264 e. The summed E-state index contributed by atoms with van der Waals surface area (Å²) >= 11 is 0. The van der Waals surface area contributed by atoms with Crippen molar-refractivity contribution in [3.63, 3.8) is 0 Å². The minimum absolute atomic E-state index is 0.115. The van der Waals surface area contributed by atoms with Gasteiger partial charge in [0.15, 0.2) is 0 Å². The van der Waals surface area contributed by atoms with Crippen LogP contribution in [-0.2, 0) is 20.8 Å². The van der Waals surface area contributed by atoms with Crippen molar-refractivity contribution in [2.24, 2.45) is 11.8 Å². The highest BCUT2D eigenvalue weighted by molar-refractivity contribution is 7.86. The topological polar surface area (TPSA) is 46.6 Å². The van der Waals surface area contributed by atoms with E-state index < -0.39 is 10.1 Å². The first-order chi connectivity index (χ1) is 9.51. The van der Waals surface area contributed by atoms with Crippen molar-refractivity contribution >= 4 is 10.1 Å². The Hall–Kier alpha value is -0.910. The fourth-order valence-electron chi connectivity index (χ4n) is 3.62. The van der Waals surface area contributed by atoms with Crippen LogP contribution in [0.5, 0.6) is 0 Å². The average molecular weight is 295 g/mol. The second-order valence-corrected chi connectivity index (χ2v) is 7.62. The summed E-state index contributed by atoms with van der Waals surface area (Å²) in [6.07, 6.45) is 2.99.